The molecule has 0 unspecified atom stereocenters. The number of hydrogen-bond acceptors (Lipinski definition) is 4. The van der Waals surface area contributed by atoms with Gasteiger partial charge in [0, 0.05) is 28.0 Å². The first-order valence-corrected chi connectivity index (χ1v) is 8.39. The molecule has 0 radical (unpaired) electrons. The zero-order chi connectivity index (χ0) is 17.4. The van der Waals surface area contributed by atoms with Crippen molar-refractivity contribution < 1.29 is 14.3 Å². The molecule has 0 atom stereocenters. The van der Waals surface area contributed by atoms with Gasteiger partial charge in [-0.05, 0) is 35.9 Å². The summed E-state index contributed by atoms with van der Waals surface area (Å²) in [7, 11) is 0. The molecule has 7 heteroatoms. The van der Waals surface area contributed by atoms with Crippen molar-refractivity contribution in [3.63, 3.8) is 0 Å². The average molecular weight is 401 g/mol. The van der Waals surface area contributed by atoms with Crippen LogP contribution in [0, 0.1) is 0 Å². The van der Waals surface area contributed by atoms with Crippen molar-refractivity contribution in [1.82, 2.24) is 10.3 Å². The zero-order valence-corrected chi connectivity index (χ0v) is 14.6. The average Bonchev–Trinajstić information content (AvgIpc) is 3.07. The number of nitrogens with one attached hydrogen (secondary N) is 2. The van der Waals surface area contributed by atoms with Crippen LogP contribution in [0.15, 0.2) is 51.7 Å². The Kier molecular flexibility index (Phi) is 3.93. The Morgan fingerprint density at radius 1 is 1.12 bits per heavy atom. The topological polar surface area (TPSA) is 80.4 Å². The molecular formula is C18H13BrN2O4. The van der Waals surface area contributed by atoms with E-state index >= 15 is 0 Å². The Labute approximate surface area is 150 Å². The van der Waals surface area contributed by atoms with Gasteiger partial charge < -0.3 is 19.8 Å². The number of hydrogen-bond donors (Lipinski definition) is 2. The third-order valence-electron chi connectivity index (χ3n) is 3.94. The maximum absolute atomic E-state index is 12.6. The summed E-state index contributed by atoms with van der Waals surface area (Å²) in [5.74, 6) is 1.05. The second kappa shape index (κ2) is 6.25. The number of aromatic nitrogens is 1. The van der Waals surface area contributed by atoms with Gasteiger partial charge >= 0.3 is 0 Å². The van der Waals surface area contributed by atoms with Crippen LogP contribution in [0.25, 0.3) is 10.9 Å². The van der Waals surface area contributed by atoms with E-state index in [0.29, 0.717) is 34.5 Å². The predicted molar refractivity (Wildman–Crippen MR) is 96.0 cm³/mol. The highest BCUT2D eigenvalue weighted by atomic mass is 79.9. The van der Waals surface area contributed by atoms with Crippen molar-refractivity contribution in [3.05, 3.63) is 68.4 Å². The lowest BCUT2D eigenvalue weighted by atomic mass is 10.1. The molecule has 4 rings (SSSR count). The number of benzene rings is 2. The molecule has 2 N–H and O–H groups in total. The fourth-order valence-corrected chi connectivity index (χ4v) is 3.10. The second-order valence-corrected chi connectivity index (χ2v) is 6.52. The van der Waals surface area contributed by atoms with Crippen molar-refractivity contribution in [2.24, 2.45) is 0 Å². The van der Waals surface area contributed by atoms with E-state index in [1.165, 1.54) is 6.07 Å². The smallest absolute Gasteiger partial charge is 0.252 e. The SMILES string of the molecule is O=C(NCc1ccc2c(c1)OCO2)c1cc(=O)[nH]c2ccc(Br)cc12. The summed E-state index contributed by atoms with van der Waals surface area (Å²) in [6, 6.07) is 12.2. The molecule has 2 aromatic carbocycles. The summed E-state index contributed by atoms with van der Waals surface area (Å²) in [5.41, 5.74) is 1.51. The van der Waals surface area contributed by atoms with Crippen LogP contribution in [0.5, 0.6) is 11.5 Å². The summed E-state index contributed by atoms with van der Waals surface area (Å²) in [6.07, 6.45) is 0. The van der Waals surface area contributed by atoms with Gasteiger partial charge in [0.2, 0.25) is 12.4 Å². The number of rotatable bonds is 3. The molecule has 1 aliphatic heterocycles. The lowest BCUT2D eigenvalue weighted by molar-refractivity contribution is 0.0952. The molecule has 0 saturated heterocycles. The maximum Gasteiger partial charge on any atom is 0.252 e. The first-order chi connectivity index (χ1) is 12.1. The lowest BCUT2D eigenvalue weighted by Crippen LogP contribution is -2.24. The third-order valence-corrected chi connectivity index (χ3v) is 4.43. The fraction of sp³-hybridized carbons (Fsp3) is 0.111. The maximum atomic E-state index is 12.6. The van der Waals surface area contributed by atoms with E-state index in [1.807, 2.05) is 24.3 Å². The number of amides is 1. The predicted octanol–water partition coefficient (Wildman–Crippen LogP) is 2.95. The van der Waals surface area contributed by atoms with Crippen LogP contribution in [-0.4, -0.2) is 17.7 Å². The molecule has 0 fully saturated rings. The number of pyridine rings is 1. The van der Waals surface area contributed by atoms with Crippen LogP contribution >= 0.6 is 15.9 Å². The van der Waals surface area contributed by atoms with Crippen molar-refractivity contribution in [3.8, 4) is 11.5 Å². The first kappa shape index (κ1) is 15.7. The molecular weight excluding hydrogens is 388 g/mol. The second-order valence-electron chi connectivity index (χ2n) is 5.61. The van der Waals surface area contributed by atoms with Gasteiger partial charge in [0.25, 0.3) is 5.91 Å². The summed E-state index contributed by atoms with van der Waals surface area (Å²) in [6.45, 7) is 0.524. The molecule has 0 saturated carbocycles. The molecule has 1 aromatic heterocycles. The van der Waals surface area contributed by atoms with E-state index in [9.17, 15) is 9.59 Å². The van der Waals surface area contributed by atoms with E-state index in [0.717, 1.165) is 10.0 Å². The van der Waals surface area contributed by atoms with Crippen molar-refractivity contribution >= 4 is 32.7 Å². The minimum absolute atomic E-state index is 0.207. The number of fused-ring (bicyclic) bond motifs is 2. The summed E-state index contributed by atoms with van der Waals surface area (Å²) in [4.78, 5) is 27.1. The highest BCUT2D eigenvalue weighted by Crippen LogP contribution is 2.32. The zero-order valence-electron chi connectivity index (χ0n) is 13.0. The number of aromatic amines is 1. The Morgan fingerprint density at radius 2 is 1.96 bits per heavy atom. The molecule has 0 spiro atoms. The van der Waals surface area contributed by atoms with Crippen LogP contribution < -0.4 is 20.3 Å². The minimum Gasteiger partial charge on any atom is -0.454 e. The quantitative estimate of drug-likeness (QED) is 0.708. The number of H-pyrrole nitrogens is 1. The van der Waals surface area contributed by atoms with Gasteiger partial charge in [-0.15, -0.1) is 0 Å². The van der Waals surface area contributed by atoms with Gasteiger partial charge in [0.05, 0.1) is 5.56 Å². The van der Waals surface area contributed by atoms with Gasteiger partial charge in [0.15, 0.2) is 11.5 Å². The van der Waals surface area contributed by atoms with Crippen molar-refractivity contribution in [1.29, 1.82) is 0 Å². The van der Waals surface area contributed by atoms with E-state index in [-0.39, 0.29) is 18.3 Å². The largest absolute Gasteiger partial charge is 0.454 e. The molecule has 126 valence electrons. The summed E-state index contributed by atoms with van der Waals surface area (Å²) >= 11 is 3.39. The normalized spacial score (nSPS) is 12.4. The van der Waals surface area contributed by atoms with E-state index < -0.39 is 0 Å². The van der Waals surface area contributed by atoms with Gasteiger partial charge in [-0.25, -0.2) is 0 Å². The number of ether oxygens (including phenoxy) is 2. The molecule has 1 aliphatic rings. The number of halogens is 1. The van der Waals surface area contributed by atoms with Crippen molar-refractivity contribution in [2.75, 3.05) is 6.79 Å². The van der Waals surface area contributed by atoms with Crippen LogP contribution in [0.4, 0.5) is 0 Å². The van der Waals surface area contributed by atoms with Crippen LogP contribution in [0.2, 0.25) is 0 Å². The highest BCUT2D eigenvalue weighted by molar-refractivity contribution is 9.10. The molecule has 0 bridgehead atoms. The van der Waals surface area contributed by atoms with E-state index in [4.69, 9.17) is 9.47 Å². The lowest BCUT2D eigenvalue weighted by Gasteiger charge is -2.09. The number of carbonyl (C=O) groups excluding carboxylic acids is 1. The summed E-state index contributed by atoms with van der Waals surface area (Å²) < 4.78 is 11.4. The van der Waals surface area contributed by atoms with Gasteiger partial charge in [-0.2, -0.15) is 0 Å². The Bertz CT molecular complexity index is 1040. The fourth-order valence-electron chi connectivity index (χ4n) is 2.74. The molecule has 25 heavy (non-hydrogen) atoms. The van der Waals surface area contributed by atoms with Crippen LogP contribution in [-0.2, 0) is 6.54 Å². The molecule has 3 aromatic rings. The van der Waals surface area contributed by atoms with Gasteiger partial charge in [-0.1, -0.05) is 22.0 Å². The third kappa shape index (κ3) is 3.10. The Hall–Kier alpha value is -2.80. The standard InChI is InChI=1S/C18H13BrN2O4/c19-11-2-3-14-12(6-11)13(7-17(22)21-14)18(23)20-8-10-1-4-15-16(5-10)25-9-24-15/h1-7H,8-9H2,(H,20,23)(H,21,22). The molecule has 2 heterocycles. The Balaban J connectivity index is 1.60. The van der Waals surface area contributed by atoms with Crippen LogP contribution in [0.3, 0.4) is 0 Å². The van der Waals surface area contributed by atoms with Gasteiger partial charge in [-0.3, -0.25) is 9.59 Å². The minimum atomic E-state index is -0.317. The molecule has 6 nitrogen and oxygen atoms in total. The van der Waals surface area contributed by atoms with E-state index in [2.05, 4.69) is 26.2 Å². The first-order valence-electron chi connectivity index (χ1n) is 7.59. The van der Waals surface area contributed by atoms with Gasteiger partial charge in [0.1, 0.15) is 0 Å². The van der Waals surface area contributed by atoms with Crippen molar-refractivity contribution in [2.45, 2.75) is 6.54 Å². The van der Waals surface area contributed by atoms with E-state index in [1.54, 1.807) is 12.1 Å². The monoisotopic (exact) mass is 400 g/mol. The van der Waals surface area contributed by atoms with Crippen LogP contribution in [0.1, 0.15) is 15.9 Å². The molecule has 1 amide bonds. The summed E-state index contributed by atoms with van der Waals surface area (Å²) in [5, 5.41) is 3.52. The molecule has 0 aliphatic carbocycles. The Morgan fingerprint density at radius 3 is 2.84 bits per heavy atom. The number of carbonyl (C=O) groups is 1. The highest BCUT2D eigenvalue weighted by Gasteiger charge is 2.15.